The van der Waals surface area contributed by atoms with Crippen molar-refractivity contribution in [3.05, 3.63) is 41.1 Å². The summed E-state index contributed by atoms with van der Waals surface area (Å²) in [5.74, 6) is 0.641. The predicted octanol–water partition coefficient (Wildman–Crippen LogP) is 4.72. The van der Waals surface area contributed by atoms with Gasteiger partial charge in [-0.3, -0.25) is 4.98 Å². The smallest absolute Gasteiger partial charge is 0.0708 e. The number of aromatic nitrogens is 1. The molecule has 124 valence electrons. The summed E-state index contributed by atoms with van der Waals surface area (Å²) in [6, 6.07) is 9.84. The minimum absolute atomic E-state index is 0.246. The number of hydrogen-bond donors (Lipinski definition) is 0. The topological polar surface area (TPSA) is 16.1 Å². The molecule has 1 fully saturated rings. The molecule has 23 heavy (non-hydrogen) atoms. The normalized spacial score (nSPS) is 29.1. The summed E-state index contributed by atoms with van der Waals surface area (Å²) < 4.78 is 0. The summed E-state index contributed by atoms with van der Waals surface area (Å²) in [4.78, 5) is 7.23. The molecular formula is C21H30N2. The highest BCUT2D eigenvalue weighted by molar-refractivity contribution is 5.83. The van der Waals surface area contributed by atoms with Gasteiger partial charge in [0.15, 0.2) is 0 Å². The van der Waals surface area contributed by atoms with E-state index in [-0.39, 0.29) is 5.41 Å². The Morgan fingerprint density at radius 2 is 2.00 bits per heavy atom. The lowest BCUT2D eigenvalue weighted by Gasteiger charge is -2.48. The van der Waals surface area contributed by atoms with Gasteiger partial charge in [-0.25, -0.2) is 0 Å². The molecular weight excluding hydrogens is 280 g/mol. The highest BCUT2D eigenvalue weighted by atomic mass is 15.1. The van der Waals surface area contributed by atoms with Crippen LogP contribution < -0.4 is 0 Å². The summed E-state index contributed by atoms with van der Waals surface area (Å²) >= 11 is 0. The van der Waals surface area contributed by atoms with Crippen molar-refractivity contribution in [2.24, 2.45) is 5.92 Å². The number of nitrogens with zero attached hydrogens (tertiary/aromatic N) is 2. The van der Waals surface area contributed by atoms with Gasteiger partial charge in [0.2, 0.25) is 0 Å². The van der Waals surface area contributed by atoms with E-state index in [0.717, 1.165) is 17.6 Å². The van der Waals surface area contributed by atoms with Gasteiger partial charge in [0.25, 0.3) is 0 Å². The Labute approximate surface area is 140 Å². The van der Waals surface area contributed by atoms with Gasteiger partial charge >= 0.3 is 0 Å². The lowest BCUT2D eigenvalue weighted by atomic mass is 9.65. The molecule has 0 spiro atoms. The van der Waals surface area contributed by atoms with Crippen LogP contribution in [0.5, 0.6) is 0 Å². The number of hydrogen-bond acceptors (Lipinski definition) is 2. The van der Waals surface area contributed by atoms with Crippen LogP contribution in [0.3, 0.4) is 0 Å². The van der Waals surface area contributed by atoms with Crippen molar-refractivity contribution in [1.29, 1.82) is 0 Å². The van der Waals surface area contributed by atoms with Gasteiger partial charge in [0.1, 0.15) is 0 Å². The first-order chi connectivity index (χ1) is 10.9. The Morgan fingerprint density at radius 3 is 2.70 bits per heavy atom. The number of fused-ring (bicyclic) bond motifs is 1. The van der Waals surface area contributed by atoms with E-state index in [4.69, 9.17) is 4.98 Å². The number of likely N-dealkylation sites (tertiary alicyclic amines) is 1. The van der Waals surface area contributed by atoms with Gasteiger partial charge in [-0.15, -0.1) is 0 Å². The first kappa shape index (κ1) is 16.4. The third kappa shape index (κ3) is 2.67. The zero-order valence-corrected chi connectivity index (χ0v) is 15.5. The standard InChI is InChI=1S/C21H30N2/c1-7-17-12-14(2)22-20-9-8-18(13-19(17)20)21(5)10-11-23(6)16(4)15(21)3/h8-9,12-13,15-16H,7,10-11H2,1-6H3/t15?,16-,21?/m1/s1. The molecule has 0 amide bonds. The molecule has 2 heterocycles. The second-order valence-electron chi connectivity index (χ2n) is 7.69. The quantitative estimate of drug-likeness (QED) is 0.797. The maximum absolute atomic E-state index is 4.73. The summed E-state index contributed by atoms with van der Waals surface area (Å²) in [6.07, 6.45) is 2.29. The molecule has 2 heteroatoms. The third-order valence-corrected chi connectivity index (χ3v) is 6.47. The largest absolute Gasteiger partial charge is 0.303 e. The van der Waals surface area contributed by atoms with Crippen molar-refractivity contribution in [1.82, 2.24) is 9.88 Å². The van der Waals surface area contributed by atoms with Crippen molar-refractivity contribution in [3.8, 4) is 0 Å². The minimum Gasteiger partial charge on any atom is -0.303 e. The van der Waals surface area contributed by atoms with Crippen LogP contribution in [-0.2, 0) is 11.8 Å². The van der Waals surface area contributed by atoms with Gasteiger partial charge < -0.3 is 4.90 Å². The molecule has 3 rings (SSSR count). The number of benzene rings is 1. The lowest BCUT2D eigenvalue weighted by molar-refractivity contribution is 0.0742. The Kier molecular flexibility index (Phi) is 4.22. The van der Waals surface area contributed by atoms with Crippen molar-refractivity contribution in [2.45, 2.75) is 58.9 Å². The van der Waals surface area contributed by atoms with Gasteiger partial charge in [0, 0.05) is 17.1 Å². The Morgan fingerprint density at radius 1 is 1.26 bits per heavy atom. The van der Waals surface area contributed by atoms with Crippen molar-refractivity contribution < 1.29 is 0 Å². The molecule has 0 saturated carbocycles. The third-order valence-electron chi connectivity index (χ3n) is 6.47. The predicted molar refractivity (Wildman–Crippen MR) is 99.1 cm³/mol. The molecule has 1 aliphatic rings. The zero-order chi connectivity index (χ0) is 16.8. The molecule has 0 N–H and O–H groups in total. The highest BCUT2D eigenvalue weighted by Crippen LogP contribution is 2.42. The molecule has 1 aromatic heterocycles. The van der Waals surface area contributed by atoms with Crippen molar-refractivity contribution in [2.75, 3.05) is 13.6 Å². The van der Waals surface area contributed by atoms with E-state index in [1.165, 1.54) is 29.5 Å². The van der Waals surface area contributed by atoms with Crippen LogP contribution in [0.15, 0.2) is 24.3 Å². The molecule has 0 radical (unpaired) electrons. The summed E-state index contributed by atoms with van der Waals surface area (Å²) in [5, 5.41) is 1.34. The Bertz CT molecular complexity index is 721. The summed E-state index contributed by atoms with van der Waals surface area (Å²) in [6.45, 7) is 12.7. The van der Waals surface area contributed by atoms with E-state index in [1.54, 1.807) is 0 Å². The maximum Gasteiger partial charge on any atom is 0.0708 e. The fourth-order valence-electron chi connectivity index (χ4n) is 4.25. The van der Waals surface area contributed by atoms with Crippen LogP contribution in [-0.4, -0.2) is 29.5 Å². The molecule has 2 unspecified atom stereocenters. The molecule has 0 aliphatic carbocycles. The van der Waals surface area contributed by atoms with Gasteiger partial charge in [-0.2, -0.15) is 0 Å². The second kappa shape index (κ2) is 5.90. The average molecular weight is 310 g/mol. The Balaban J connectivity index is 2.11. The fraction of sp³-hybridized carbons (Fsp3) is 0.571. The zero-order valence-electron chi connectivity index (χ0n) is 15.5. The Hall–Kier alpha value is -1.41. The van der Waals surface area contributed by atoms with Gasteiger partial charge in [-0.05, 0) is 80.9 Å². The van der Waals surface area contributed by atoms with Crippen LogP contribution >= 0.6 is 0 Å². The van der Waals surface area contributed by atoms with Crippen molar-refractivity contribution in [3.63, 3.8) is 0 Å². The monoisotopic (exact) mass is 310 g/mol. The molecule has 2 aromatic rings. The van der Waals surface area contributed by atoms with E-state index < -0.39 is 0 Å². The maximum atomic E-state index is 4.73. The van der Waals surface area contributed by atoms with Crippen molar-refractivity contribution >= 4 is 10.9 Å². The minimum atomic E-state index is 0.246. The average Bonchev–Trinajstić information content (AvgIpc) is 2.55. The summed E-state index contributed by atoms with van der Waals surface area (Å²) in [7, 11) is 2.25. The molecule has 0 bridgehead atoms. The van der Waals surface area contributed by atoms with E-state index in [9.17, 15) is 0 Å². The number of aryl methyl sites for hydroxylation is 2. The number of rotatable bonds is 2. The van der Waals surface area contributed by atoms with E-state index in [0.29, 0.717) is 12.0 Å². The molecule has 3 atom stereocenters. The second-order valence-corrected chi connectivity index (χ2v) is 7.69. The first-order valence-electron chi connectivity index (χ1n) is 8.98. The first-order valence-corrected chi connectivity index (χ1v) is 8.98. The SMILES string of the molecule is CCc1cc(C)nc2ccc(C3(C)CCN(C)[C@H](C)C3C)cc12. The molecule has 2 nitrogen and oxygen atoms in total. The lowest BCUT2D eigenvalue weighted by Crippen LogP contribution is -2.51. The van der Waals surface area contributed by atoms with Crippen LogP contribution in [0.2, 0.25) is 0 Å². The highest BCUT2D eigenvalue weighted by Gasteiger charge is 2.41. The van der Waals surface area contributed by atoms with Gasteiger partial charge in [0.05, 0.1) is 5.52 Å². The fourth-order valence-corrected chi connectivity index (χ4v) is 4.25. The van der Waals surface area contributed by atoms with E-state index in [2.05, 4.69) is 70.8 Å². The van der Waals surface area contributed by atoms with E-state index in [1.807, 2.05) is 0 Å². The molecule has 1 aromatic carbocycles. The van der Waals surface area contributed by atoms with E-state index >= 15 is 0 Å². The van der Waals surface area contributed by atoms with Gasteiger partial charge in [-0.1, -0.05) is 26.8 Å². The van der Waals surface area contributed by atoms with Crippen LogP contribution in [0.1, 0.15) is 50.9 Å². The number of piperidine rings is 1. The molecule has 1 aliphatic heterocycles. The molecule has 1 saturated heterocycles. The van der Waals surface area contributed by atoms with Crippen LogP contribution in [0.4, 0.5) is 0 Å². The number of pyridine rings is 1. The van der Waals surface area contributed by atoms with Crippen LogP contribution in [0.25, 0.3) is 10.9 Å². The summed E-state index contributed by atoms with van der Waals surface area (Å²) in [5.41, 5.74) is 5.41. The van der Waals surface area contributed by atoms with Crippen LogP contribution in [0, 0.1) is 12.8 Å².